The molecule has 1 aromatic heterocycles. The Bertz CT molecular complexity index is 763. The van der Waals surface area contributed by atoms with Crippen molar-refractivity contribution >= 4 is 16.7 Å². The second kappa shape index (κ2) is 6.75. The number of nitrogens with zero attached hydrogens (tertiary/aromatic N) is 2. The summed E-state index contributed by atoms with van der Waals surface area (Å²) in [5.41, 5.74) is 7.41. The normalized spacial score (nSPS) is 22.6. The number of pyridine rings is 1. The van der Waals surface area contributed by atoms with Crippen molar-refractivity contribution in [2.45, 2.75) is 51.0 Å². The molecular weight excluding hydrogens is 310 g/mol. The third-order valence-corrected chi connectivity index (χ3v) is 6.35. The zero-order valence-corrected chi connectivity index (χ0v) is 14.8. The van der Waals surface area contributed by atoms with Crippen molar-refractivity contribution in [3.63, 3.8) is 0 Å². The van der Waals surface area contributed by atoms with Gasteiger partial charge in [0.05, 0.1) is 6.42 Å². The van der Waals surface area contributed by atoms with Crippen LogP contribution in [0.5, 0.6) is 0 Å². The van der Waals surface area contributed by atoms with Gasteiger partial charge in [0.1, 0.15) is 0 Å². The summed E-state index contributed by atoms with van der Waals surface area (Å²) in [5, 5.41) is 2.26. The highest BCUT2D eigenvalue weighted by Crippen LogP contribution is 2.47. The number of hydrogen-bond donors (Lipinski definition) is 1. The average molecular weight is 337 g/mol. The lowest BCUT2D eigenvalue weighted by Crippen LogP contribution is -2.58. The van der Waals surface area contributed by atoms with Gasteiger partial charge in [0.25, 0.3) is 0 Å². The van der Waals surface area contributed by atoms with Gasteiger partial charge in [-0.1, -0.05) is 24.6 Å². The van der Waals surface area contributed by atoms with E-state index in [9.17, 15) is 4.79 Å². The molecule has 1 saturated carbocycles. The van der Waals surface area contributed by atoms with E-state index in [0.29, 0.717) is 19.0 Å². The van der Waals surface area contributed by atoms with Crippen molar-refractivity contribution < 1.29 is 4.79 Å². The molecule has 2 fully saturated rings. The smallest absolute Gasteiger partial charge is 0.227 e. The molecule has 2 N–H and O–H groups in total. The number of piperidine rings is 1. The minimum absolute atomic E-state index is 0.186. The van der Waals surface area contributed by atoms with E-state index >= 15 is 0 Å². The Morgan fingerprint density at radius 2 is 2.08 bits per heavy atom. The highest BCUT2D eigenvalue weighted by Gasteiger charge is 2.47. The Hall–Kier alpha value is -1.94. The summed E-state index contributed by atoms with van der Waals surface area (Å²) < 4.78 is 0. The molecule has 25 heavy (non-hydrogen) atoms. The van der Waals surface area contributed by atoms with E-state index in [4.69, 9.17) is 5.73 Å². The molecule has 132 valence electrons. The van der Waals surface area contributed by atoms with Gasteiger partial charge in [-0.2, -0.15) is 0 Å². The third-order valence-electron chi connectivity index (χ3n) is 6.35. The molecule has 4 nitrogen and oxygen atoms in total. The van der Waals surface area contributed by atoms with Gasteiger partial charge in [0, 0.05) is 35.8 Å². The van der Waals surface area contributed by atoms with Gasteiger partial charge < -0.3 is 10.6 Å². The van der Waals surface area contributed by atoms with Gasteiger partial charge >= 0.3 is 0 Å². The third kappa shape index (κ3) is 3.04. The molecule has 4 heteroatoms. The fourth-order valence-electron chi connectivity index (χ4n) is 4.69. The van der Waals surface area contributed by atoms with Crippen molar-refractivity contribution in [3.05, 3.63) is 42.2 Å². The number of amides is 1. The first kappa shape index (κ1) is 16.5. The highest BCUT2D eigenvalue weighted by atomic mass is 16.2. The Morgan fingerprint density at radius 1 is 1.20 bits per heavy atom. The SMILES string of the molecule is NCC1(C2CCCCN2C(=O)Cc2ccc3cnccc3c2)CCC1. The predicted molar refractivity (Wildman–Crippen MR) is 100 cm³/mol. The Kier molecular flexibility index (Phi) is 4.46. The lowest BCUT2D eigenvalue weighted by molar-refractivity contribution is -0.140. The highest BCUT2D eigenvalue weighted by molar-refractivity contribution is 5.85. The Labute approximate surface area is 149 Å². The van der Waals surface area contributed by atoms with Crippen LogP contribution in [0, 0.1) is 5.41 Å². The van der Waals surface area contributed by atoms with E-state index in [1.807, 2.05) is 12.3 Å². The van der Waals surface area contributed by atoms with Crippen LogP contribution < -0.4 is 5.73 Å². The lowest BCUT2D eigenvalue weighted by Gasteiger charge is -2.53. The summed E-state index contributed by atoms with van der Waals surface area (Å²) in [5.74, 6) is 0.262. The van der Waals surface area contributed by atoms with Gasteiger partial charge in [-0.25, -0.2) is 0 Å². The fraction of sp³-hybridized carbons (Fsp3) is 0.524. The molecule has 1 unspecified atom stereocenters. The summed E-state index contributed by atoms with van der Waals surface area (Å²) in [7, 11) is 0. The van der Waals surface area contributed by atoms with Crippen molar-refractivity contribution in [2.75, 3.05) is 13.1 Å². The fourth-order valence-corrected chi connectivity index (χ4v) is 4.69. The van der Waals surface area contributed by atoms with E-state index in [2.05, 4.69) is 28.1 Å². The maximum absolute atomic E-state index is 13.1. The molecule has 2 aliphatic rings. The summed E-state index contributed by atoms with van der Waals surface area (Å²) in [6.07, 6.45) is 11.2. The maximum Gasteiger partial charge on any atom is 0.227 e. The minimum Gasteiger partial charge on any atom is -0.339 e. The number of rotatable bonds is 4. The number of fused-ring (bicyclic) bond motifs is 1. The van der Waals surface area contributed by atoms with Crippen molar-refractivity contribution in [2.24, 2.45) is 11.1 Å². The predicted octanol–water partition coefficient (Wildman–Crippen LogP) is 3.29. The summed E-state index contributed by atoms with van der Waals surface area (Å²) in [6, 6.07) is 8.59. The molecule has 1 saturated heterocycles. The molecule has 4 rings (SSSR count). The van der Waals surface area contributed by atoms with Crippen LogP contribution in [-0.4, -0.2) is 34.9 Å². The average Bonchev–Trinajstić information content (AvgIpc) is 2.61. The minimum atomic E-state index is 0.186. The second-order valence-electron chi connectivity index (χ2n) is 7.75. The largest absolute Gasteiger partial charge is 0.339 e. The maximum atomic E-state index is 13.1. The number of carbonyl (C=O) groups excluding carboxylic acids is 1. The number of carbonyl (C=O) groups is 1. The lowest BCUT2D eigenvalue weighted by atomic mass is 9.62. The molecule has 0 radical (unpaired) electrons. The standard InChI is InChI=1S/C21H27N3O/c22-15-21(8-3-9-21)19-4-1-2-11-24(19)20(25)13-16-5-6-18-14-23-10-7-17(18)12-16/h5-7,10,12,14,19H,1-4,8-9,11,13,15,22H2. The summed E-state index contributed by atoms with van der Waals surface area (Å²) in [6.45, 7) is 1.60. The van der Waals surface area contributed by atoms with Crippen LogP contribution in [0.2, 0.25) is 0 Å². The number of hydrogen-bond acceptors (Lipinski definition) is 3. The summed E-state index contributed by atoms with van der Waals surface area (Å²) >= 11 is 0. The van der Waals surface area contributed by atoms with Gasteiger partial charge in [-0.3, -0.25) is 9.78 Å². The number of likely N-dealkylation sites (tertiary alicyclic amines) is 1. The molecule has 1 aliphatic heterocycles. The van der Waals surface area contributed by atoms with Gasteiger partial charge in [-0.15, -0.1) is 0 Å². The molecule has 0 bridgehead atoms. The van der Waals surface area contributed by atoms with E-state index in [1.54, 1.807) is 6.20 Å². The molecule has 2 heterocycles. The van der Waals surface area contributed by atoms with Crippen LogP contribution in [0.1, 0.15) is 44.1 Å². The first-order valence-electron chi connectivity index (χ1n) is 9.54. The van der Waals surface area contributed by atoms with Crippen LogP contribution in [0.3, 0.4) is 0 Å². The van der Waals surface area contributed by atoms with E-state index < -0.39 is 0 Å². The number of aromatic nitrogens is 1. The van der Waals surface area contributed by atoms with Crippen LogP contribution in [0.4, 0.5) is 0 Å². The quantitative estimate of drug-likeness (QED) is 0.931. The van der Waals surface area contributed by atoms with Crippen molar-refractivity contribution in [1.82, 2.24) is 9.88 Å². The second-order valence-corrected chi connectivity index (χ2v) is 7.75. The Balaban J connectivity index is 1.53. The Morgan fingerprint density at radius 3 is 2.84 bits per heavy atom. The zero-order valence-electron chi connectivity index (χ0n) is 14.8. The molecule has 0 spiro atoms. The van der Waals surface area contributed by atoms with Crippen LogP contribution in [-0.2, 0) is 11.2 Å². The first-order chi connectivity index (χ1) is 12.2. The molecule has 1 aliphatic carbocycles. The first-order valence-corrected chi connectivity index (χ1v) is 9.54. The summed E-state index contributed by atoms with van der Waals surface area (Å²) in [4.78, 5) is 19.4. The van der Waals surface area contributed by atoms with E-state index in [0.717, 1.165) is 35.7 Å². The molecule has 1 aromatic carbocycles. The van der Waals surface area contributed by atoms with E-state index in [1.165, 1.54) is 25.7 Å². The number of nitrogens with two attached hydrogens (primary N) is 1. The van der Waals surface area contributed by atoms with Gasteiger partial charge in [0.15, 0.2) is 0 Å². The molecular formula is C21H27N3O. The van der Waals surface area contributed by atoms with Gasteiger partial charge in [-0.05, 0) is 55.7 Å². The van der Waals surface area contributed by atoms with Crippen molar-refractivity contribution in [1.29, 1.82) is 0 Å². The number of benzene rings is 1. The van der Waals surface area contributed by atoms with Crippen LogP contribution >= 0.6 is 0 Å². The monoisotopic (exact) mass is 337 g/mol. The topological polar surface area (TPSA) is 59.2 Å². The van der Waals surface area contributed by atoms with Crippen molar-refractivity contribution in [3.8, 4) is 0 Å². The zero-order chi connectivity index (χ0) is 17.3. The van der Waals surface area contributed by atoms with Crippen LogP contribution in [0.15, 0.2) is 36.7 Å². The molecule has 1 amide bonds. The van der Waals surface area contributed by atoms with Gasteiger partial charge in [0.2, 0.25) is 5.91 Å². The van der Waals surface area contributed by atoms with E-state index in [-0.39, 0.29) is 11.3 Å². The molecule has 1 atom stereocenters. The van der Waals surface area contributed by atoms with Crippen LogP contribution in [0.25, 0.3) is 10.8 Å². The molecule has 2 aromatic rings.